The number of nitrogens with one attached hydrogen (secondary N) is 1. The average Bonchev–Trinajstić information content (AvgIpc) is 3.39. The predicted octanol–water partition coefficient (Wildman–Crippen LogP) is 4.00. The molecule has 142 valence electrons. The lowest BCUT2D eigenvalue weighted by atomic mass is 10.1. The minimum Gasteiger partial charge on any atom is -0.454 e. The summed E-state index contributed by atoms with van der Waals surface area (Å²) < 4.78 is 10.7. The maximum atomic E-state index is 12.8. The quantitative estimate of drug-likeness (QED) is 0.710. The van der Waals surface area contributed by atoms with E-state index in [1.165, 1.54) is 11.3 Å². The maximum Gasteiger partial charge on any atom is 0.265 e. The van der Waals surface area contributed by atoms with Crippen molar-refractivity contribution in [1.29, 1.82) is 0 Å². The van der Waals surface area contributed by atoms with Crippen LogP contribution in [-0.4, -0.2) is 30.6 Å². The summed E-state index contributed by atoms with van der Waals surface area (Å²) in [6.07, 6.45) is 0. The highest BCUT2D eigenvalue weighted by atomic mass is 32.1. The van der Waals surface area contributed by atoms with Crippen molar-refractivity contribution in [3.8, 4) is 11.5 Å². The first-order chi connectivity index (χ1) is 13.6. The smallest absolute Gasteiger partial charge is 0.265 e. The summed E-state index contributed by atoms with van der Waals surface area (Å²) in [5.41, 5.74) is 2.04. The number of carbonyl (C=O) groups is 2. The lowest BCUT2D eigenvalue weighted by molar-refractivity contribution is 0.0784. The minimum absolute atomic E-state index is 0.134. The van der Waals surface area contributed by atoms with Gasteiger partial charge in [0.05, 0.1) is 4.88 Å². The zero-order chi connectivity index (χ0) is 19.5. The molecule has 3 aromatic rings. The Hall–Kier alpha value is -3.32. The first kappa shape index (κ1) is 18.1. The second-order valence-electron chi connectivity index (χ2n) is 6.36. The number of hydrogen-bond donors (Lipinski definition) is 1. The SMILES string of the molecule is CN(Cc1ccc2c(c1)OCO2)C(=O)c1cccc(NC(=O)c2cccs2)c1. The zero-order valence-electron chi connectivity index (χ0n) is 15.2. The Kier molecular flexibility index (Phi) is 4.99. The Morgan fingerprint density at radius 2 is 1.93 bits per heavy atom. The molecule has 28 heavy (non-hydrogen) atoms. The second kappa shape index (κ2) is 7.74. The third-order valence-corrected chi connectivity index (χ3v) is 5.18. The van der Waals surface area contributed by atoms with Crippen LogP contribution in [0, 0.1) is 0 Å². The van der Waals surface area contributed by atoms with E-state index in [9.17, 15) is 9.59 Å². The van der Waals surface area contributed by atoms with E-state index in [2.05, 4.69) is 5.32 Å². The Labute approximate surface area is 166 Å². The number of hydrogen-bond acceptors (Lipinski definition) is 5. The highest BCUT2D eigenvalue weighted by Crippen LogP contribution is 2.32. The van der Waals surface area contributed by atoms with Gasteiger partial charge in [-0.1, -0.05) is 18.2 Å². The van der Waals surface area contributed by atoms with E-state index in [-0.39, 0.29) is 18.6 Å². The van der Waals surface area contributed by atoms with E-state index in [4.69, 9.17) is 9.47 Å². The van der Waals surface area contributed by atoms with E-state index in [0.29, 0.717) is 34.2 Å². The number of anilines is 1. The van der Waals surface area contributed by atoms with Gasteiger partial charge in [0, 0.05) is 24.8 Å². The van der Waals surface area contributed by atoms with Gasteiger partial charge in [-0.05, 0) is 47.3 Å². The van der Waals surface area contributed by atoms with Gasteiger partial charge >= 0.3 is 0 Å². The average molecular weight is 394 g/mol. The molecule has 2 aromatic carbocycles. The van der Waals surface area contributed by atoms with Gasteiger partial charge in [0.2, 0.25) is 6.79 Å². The molecule has 2 heterocycles. The molecular weight excluding hydrogens is 376 g/mol. The van der Waals surface area contributed by atoms with E-state index in [1.807, 2.05) is 29.6 Å². The first-order valence-corrected chi connectivity index (χ1v) is 9.57. The molecule has 1 N–H and O–H groups in total. The van der Waals surface area contributed by atoms with Crippen LogP contribution in [0.25, 0.3) is 0 Å². The number of amides is 2. The lowest BCUT2D eigenvalue weighted by Gasteiger charge is -2.18. The highest BCUT2D eigenvalue weighted by Gasteiger charge is 2.17. The number of thiophene rings is 1. The summed E-state index contributed by atoms with van der Waals surface area (Å²) in [5, 5.41) is 4.67. The number of benzene rings is 2. The monoisotopic (exact) mass is 394 g/mol. The van der Waals surface area contributed by atoms with Crippen LogP contribution in [0.5, 0.6) is 11.5 Å². The zero-order valence-corrected chi connectivity index (χ0v) is 16.0. The molecule has 0 unspecified atom stereocenters. The summed E-state index contributed by atoms with van der Waals surface area (Å²) in [6.45, 7) is 0.652. The van der Waals surface area contributed by atoms with Crippen LogP contribution in [-0.2, 0) is 6.54 Å². The number of carbonyl (C=O) groups excluding carboxylic acids is 2. The van der Waals surface area contributed by atoms with Gasteiger partial charge in [0.15, 0.2) is 11.5 Å². The van der Waals surface area contributed by atoms with Crippen molar-refractivity contribution in [2.45, 2.75) is 6.54 Å². The van der Waals surface area contributed by atoms with Crippen molar-refractivity contribution in [3.63, 3.8) is 0 Å². The van der Waals surface area contributed by atoms with Crippen molar-refractivity contribution in [3.05, 3.63) is 76.0 Å². The van der Waals surface area contributed by atoms with E-state index in [0.717, 1.165) is 5.56 Å². The fourth-order valence-electron chi connectivity index (χ4n) is 2.94. The van der Waals surface area contributed by atoms with Crippen LogP contribution >= 0.6 is 11.3 Å². The molecule has 0 fully saturated rings. The third kappa shape index (κ3) is 3.84. The molecule has 1 aliphatic heterocycles. The van der Waals surface area contributed by atoms with Crippen molar-refractivity contribution < 1.29 is 19.1 Å². The lowest BCUT2D eigenvalue weighted by Crippen LogP contribution is -2.26. The minimum atomic E-state index is -0.187. The molecule has 0 spiro atoms. The van der Waals surface area contributed by atoms with Crippen LogP contribution in [0.2, 0.25) is 0 Å². The summed E-state index contributed by atoms with van der Waals surface area (Å²) in [4.78, 5) is 27.3. The van der Waals surface area contributed by atoms with Gasteiger partial charge in [-0.25, -0.2) is 0 Å². The number of nitrogens with zero attached hydrogens (tertiary/aromatic N) is 1. The standard InChI is InChI=1S/C21H18N2O4S/c1-23(12-14-7-8-17-18(10-14)27-13-26-17)21(25)15-4-2-5-16(11-15)22-20(24)19-6-3-9-28-19/h2-11H,12-13H2,1H3,(H,22,24). The highest BCUT2D eigenvalue weighted by molar-refractivity contribution is 7.12. The fourth-order valence-corrected chi connectivity index (χ4v) is 3.55. The molecule has 6 nitrogen and oxygen atoms in total. The van der Waals surface area contributed by atoms with Crippen molar-refractivity contribution in [1.82, 2.24) is 4.90 Å². The van der Waals surface area contributed by atoms with E-state index >= 15 is 0 Å². The van der Waals surface area contributed by atoms with Gasteiger partial charge in [-0.2, -0.15) is 0 Å². The molecule has 2 amide bonds. The van der Waals surface area contributed by atoms with Crippen molar-refractivity contribution in [2.75, 3.05) is 19.2 Å². The van der Waals surface area contributed by atoms with Crippen LogP contribution in [0.3, 0.4) is 0 Å². The first-order valence-electron chi connectivity index (χ1n) is 8.69. The van der Waals surface area contributed by atoms with Gasteiger partial charge in [-0.15, -0.1) is 11.3 Å². The summed E-state index contributed by atoms with van der Waals surface area (Å²) in [6, 6.07) is 16.2. The largest absolute Gasteiger partial charge is 0.454 e. The molecule has 0 bridgehead atoms. The molecule has 7 heteroatoms. The predicted molar refractivity (Wildman–Crippen MR) is 107 cm³/mol. The number of rotatable bonds is 5. The molecule has 4 rings (SSSR count). The third-order valence-electron chi connectivity index (χ3n) is 4.32. The Bertz CT molecular complexity index is 1020. The summed E-state index contributed by atoms with van der Waals surface area (Å²) in [5.74, 6) is 1.08. The second-order valence-corrected chi connectivity index (χ2v) is 7.31. The fraction of sp³-hybridized carbons (Fsp3) is 0.143. The van der Waals surface area contributed by atoms with Crippen molar-refractivity contribution >= 4 is 28.8 Å². The Morgan fingerprint density at radius 1 is 1.07 bits per heavy atom. The molecular formula is C21H18N2O4S. The van der Waals surface area contributed by atoms with Gasteiger partial charge in [0.25, 0.3) is 11.8 Å². The van der Waals surface area contributed by atoms with Crippen molar-refractivity contribution in [2.24, 2.45) is 0 Å². The van der Waals surface area contributed by atoms with Crippen LogP contribution in [0.1, 0.15) is 25.6 Å². The molecule has 1 aromatic heterocycles. The maximum absolute atomic E-state index is 12.8. The van der Waals surface area contributed by atoms with Gasteiger partial charge in [0.1, 0.15) is 0 Å². The molecule has 0 atom stereocenters. The van der Waals surface area contributed by atoms with Crippen LogP contribution in [0.4, 0.5) is 5.69 Å². The van der Waals surface area contributed by atoms with E-state index < -0.39 is 0 Å². The Balaban J connectivity index is 1.44. The molecule has 0 saturated heterocycles. The van der Waals surface area contributed by atoms with Gasteiger partial charge < -0.3 is 19.7 Å². The normalized spacial score (nSPS) is 11.9. The summed E-state index contributed by atoms with van der Waals surface area (Å²) in [7, 11) is 1.74. The van der Waals surface area contributed by atoms with Crippen LogP contribution in [0.15, 0.2) is 60.0 Å². The Morgan fingerprint density at radius 3 is 2.75 bits per heavy atom. The molecule has 1 aliphatic rings. The number of fused-ring (bicyclic) bond motifs is 1. The summed E-state index contributed by atoms with van der Waals surface area (Å²) >= 11 is 1.37. The molecule has 0 aliphatic carbocycles. The topological polar surface area (TPSA) is 67.9 Å². The molecule has 0 saturated carbocycles. The van der Waals surface area contributed by atoms with Gasteiger partial charge in [-0.3, -0.25) is 9.59 Å². The van der Waals surface area contributed by atoms with Crippen LogP contribution < -0.4 is 14.8 Å². The number of ether oxygens (including phenoxy) is 2. The molecule has 0 radical (unpaired) electrons. The van der Waals surface area contributed by atoms with E-state index in [1.54, 1.807) is 42.3 Å².